The Balaban J connectivity index is 0.000000438. The summed E-state index contributed by atoms with van der Waals surface area (Å²) < 4.78 is 13.3. The second-order valence-corrected chi connectivity index (χ2v) is 7.35. The molecule has 3 rings (SSSR count). The number of aliphatic hydroxyl groups is 1. The fraction of sp³-hybridized carbons (Fsp3) is 0.600. The second kappa shape index (κ2) is 11.8. The van der Waals surface area contributed by atoms with Crippen LogP contribution in [0.2, 0.25) is 0 Å². The minimum Gasteiger partial charge on any atom is -0.473 e. The van der Waals surface area contributed by atoms with Crippen LogP contribution in [0.1, 0.15) is 18.4 Å². The lowest BCUT2D eigenvalue weighted by molar-refractivity contribution is -0.159. The van der Waals surface area contributed by atoms with E-state index in [9.17, 15) is 4.39 Å². The molecule has 1 aromatic carbocycles. The maximum absolute atomic E-state index is 13.3. The largest absolute Gasteiger partial charge is 0.473 e. The number of hydrogen-bond donors (Lipinski definition) is 3. The van der Waals surface area contributed by atoms with Crippen LogP contribution in [-0.4, -0.2) is 100 Å². The van der Waals surface area contributed by atoms with Gasteiger partial charge in [-0.3, -0.25) is 14.7 Å². The summed E-state index contributed by atoms with van der Waals surface area (Å²) in [6.07, 6.45) is 2.41. The number of carboxylic acid groups (broad SMARTS) is 2. The highest BCUT2D eigenvalue weighted by Gasteiger charge is 2.27. The van der Waals surface area contributed by atoms with Crippen molar-refractivity contribution < 1.29 is 29.3 Å². The van der Waals surface area contributed by atoms with E-state index in [-0.39, 0.29) is 12.4 Å². The first-order chi connectivity index (χ1) is 13.9. The highest BCUT2D eigenvalue weighted by Crippen LogP contribution is 2.20. The van der Waals surface area contributed by atoms with E-state index >= 15 is 0 Å². The number of benzene rings is 1. The van der Waals surface area contributed by atoms with Crippen LogP contribution < -0.4 is 0 Å². The van der Waals surface area contributed by atoms with Crippen LogP contribution in [0.15, 0.2) is 24.3 Å². The summed E-state index contributed by atoms with van der Waals surface area (Å²) >= 11 is 0. The Kier molecular flexibility index (Phi) is 9.46. The number of aliphatic hydroxyl groups excluding tert-OH is 1. The van der Waals surface area contributed by atoms with E-state index in [0.717, 1.165) is 57.9 Å². The number of β-amino-alcohol motifs (C(OH)–C–C–N with tert-alkyl or cyclic N) is 1. The fourth-order valence-corrected chi connectivity index (χ4v) is 3.83. The zero-order chi connectivity index (χ0) is 21.2. The molecule has 2 aliphatic heterocycles. The van der Waals surface area contributed by atoms with Crippen LogP contribution in [0, 0.1) is 5.82 Å². The third kappa shape index (κ3) is 8.06. The van der Waals surface area contributed by atoms with Gasteiger partial charge < -0.3 is 15.3 Å². The van der Waals surface area contributed by atoms with Crippen LogP contribution in [-0.2, 0) is 16.1 Å². The Hall–Kier alpha value is -2.07. The molecule has 0 aliphatic carbocycles. The van der Waals surface area contributed by atoms with E-state index in [1.54, 1.807) is 12.1 Å². The van der Waals surface area contributed by atoms with Crippen LogP contribution in [0.3, 0.4) is 0 Å². The second-order valence-electron chi connectivity index (χ2n) is 7.35. The average molecular weight is 411 g/mol. The summed E-state index contributed by atoms with van der Waals surface area (Å²) in [5.41, 5.74) is 1.07. The Morgan fingerprint density at radius 1 is 0.966 bits per heavy atom. The molecule has 0 saturated carbocycles. The first kappa shape index (κ1) is 23.2. The predicted molar refractivity (Wildman–Crippen MR) is 105 cm³/mol. The van der Waals surface area contributed by atoms with Gasteiger partial charge in [0.15, 0.2) is 0 Å². The van der Waals surface area contributed by atoms with E-state index in [1.165, 1.54) is 18.9 Å². The van der Waals surface area contributed by atoms with Gasteiger partial charge in [-0.2, -0.15) is 0 Å². The molecule has 0 radical (unpaired) electrons. The maximum Gasteiger partial charge on any atom is 0.414 e. The Morgan fingerprint density at radius 2 is 1.59 bits per heavy atom. The topological polar surface area (TPSA) is 105 Å². The first-order valence-electron chi connectivity index (χ1n) is 9.89. The number of aliphatic carboxylic acids is 2. The van der Waals surface area contributed by atoms with E-state index < -0.39 is 11.9 Å². The van der Waals surface area contributed by atoms with E-state index in [1.807, 2.05) is 6.07 Å². The standard InChI is InChI=1S/C18H28FN3O.C2H2O4/c19-17-3-1-2-16(14-17)15-21-6-4-18(5-7-21)22-10-8-20(9-11-22)12-13-23;3-1(4)2(5)6/h1-3,14,18,23H,4-13,15H2;(H,3,4)(H,5,6). The van der Waals surface area contributed by atoms with Crippen LogP contribution in [0.25, 0.3) is 0 Å². The van der Waals surface area contributed by atoms with E-state index in [0.29, 0.717) is 6.04 Å². The van der Waals surface area contributed by atoms with Crippen molar-refractivity contribution in [3.05, 3.63) is 35.6 Å². The number of rotatable bonds is 5. The van der Waals surface area contributed by atoms with Gasteiger partial charge in [0.1, 0.15) is 5.82 Å². The fourth-order valence-electron chi connectivity index (χ4n) is 3.83. The zero-order valence-electron chi connectivity index (χ0n) is 16.5. The summed E-state index contributed by atoms with van der Waals surface area (Å²) in [6, 6.07) is 7.65. The minimum absolute atomic E-state index is 0.141. The minimum atomic E-state index is -1.82. The molecule has 0 bridgehead atoms. The normalized spacial score (nSPS) is 19.4. The molecule has 0 aromatic heterocycles. The number of halogens is 1. The summed E-state index contributed by atoms with van der Waals surface area (Å²) in [4.78, 5) is 25.6. The summed E-state index contributed by atoms with van der Waals surface area (Å²) in [5, 5.41) is 23.8. The number of nitrogens with zero attached hydrogens (tertiary/aromatic N) is 3. The third-order valence-corrected chi connectivity index (χ3v) is 5.37. The molecular formula is C20H30FN3O5. The smallest absolute Gasteiger partial charge is 0.414 e. The van der Waals surface area contributed by atoms with Gasteiger partial charge in [0, 0.05) is 45.3 Å². The van der Waals surface area contributed by atoms with Crippen molar-refractivity contribution in [2.45, 2.75) is 25.4 Å². The SMILES string of the molecule is O=C(O)C(=O)O.OCCN1CCN(C2CCN(Cc3cccc(F)c3)CC2)CC1. The first-order valence-corrected chi connectivity index (χ1v) is 9.89. The average Bonchev–Trinajstić information content (AvgIpc) is 2.70. The van der Waals surface area contributed by atoms with Gasteiger partial charge in [-0.1, -0.05) is 12.1 Å². The molecule has 2 saturated heterocycles. The number of carboxylic acids is 2. The van der Waals surface area contributed by atoms with Gasteiger partial charge in [-0.25, -0.2) is 14.0 Å². The molecular weight excluding hydrogens is 381 g/mol. The van der Waals surface area contributed by atoms with Crippen molar-refractivity contribution in [2.75, 3.05) is 52.4 Å². The van der Waals surface area contributed by atoms with Gasteiger partial charge in [-0.05, 0) is 43.6 Å². The van der Waals surface area contributed by atoms with Crippen molar-refractivity contribution in [3.8, 4) is 0 Å². The van der Waals surface area contributed by atoms with Crippen LogP contribution in [0.5, 0.6) is 0 Å². The van der Waals surface area contributed by atoms with Gasteiger partial charge >= 0.3 is 11.9 Å². The van der Waals surface area contributed by atoms with Crippen molar-refractivity contribution in [1.29, 1.82) is 0 Å². The molecule has 162 valence electrons. The molecule has 1 aromatic rings. The number of hydrogen-bond acceptors (Lipinski definition) is 6. The molecule has 0 amide bonds. The number of piperazine rings is 1. The number of piperidine rings is 1. The monoisotopic (exact) mass is 411 g/mol. The quantitative estimate of drug-likeness (QED) is 0.604. The lowest BCUT2D eigenvalue weighted by Crippen LogP contribution is -2.53. The van der Waals surface area contributed by atoms with Gasteiger partial charge in [-0.15, -0.1) is 0 Å². The highest BCUT2D eigenvalue weighted by atomic mass is 19.1. The Morgan fingerprint density at radius 3 is 2.10 bits per heavy atom. The molecule has 3 N–H and O–H groups in total. The molecule has 0 atom stereocenters. The molecule has 29 heavy (non-hydrogen) atoms. The Labute approximate surface area is 170 Å². The molecule has 2 aliphatic rings. The van der Waals surface area contributed by atoms with E-state index in [2.05, 4.69) is 14.7 Å². The van der Waals surface area contributed by atoms with Gasteiger partial charge in [0.25, 0.3) is 0 Å². The molecule has 0 spiro atoms. The predicted octanol–water partition coefficient (Wildman–Crippen LogP) is 0.556. The maximum atomic E-state index is 13.3. The molecule has 2 fully saturated rings. The summed E-state index contributed by atoms with van der Waals surface area (Å²) in [5.74, 6) is -3.79. The Bertz CT molecular complexity index is 647. The van der Waals surface area contributed by atoms with Crippen molar-refractivity contribution in [1.82, 2.24) is 14.7 Å². The van der Waals surface area contributed by atoms with Crippen LogP contribution in [0.4, 0.5) is 4.39 Å². The third-order valence-electron chi connectivity index (χ3n) is 5.37. The number of likely N-dealkylation sites (tertiary alicyclic amines) is 1. The highest BCUT2D eigenvalue weighted by molar-refractivity contribution is 6.27. The van der Waals surface area contributed by atoms with Crippen LogP contribution >= 0.6 is 0 Å². The zero-order valence-corrected chi connectivity index (χ0v) is 16.5. The molecule has 2 heterocycles. The van der Waals surface area contributed by atoms with Crippen molar-refractivity contribution >= 4 is 11.9 Å². The summed E-state index contributed by atoms with van der Waals surface area (Å²) in [6.45, 7) is 8.50. The molecule has 9 heteroatoms. The lowest BCUT2D eigenvalue weighted by atomic mass is 10.0. The lowest BCUT2D eigenvalue weighted by Gasteiger charge is -2.42. The van der Waals surface area contributed by atoms with Crippen molar-refractivity contribution in [2.24, 2.45) is 0 Å². The molecule has 0 unspecified atom stereocenters. The van der Waals surface area contributed by atoms with E-state index in [4.69, 9.17) is 24.9 Å². The molecule has 8 nitrogen and oxygen atoms in total. The van der Waals surface area contributed by atoms with Gasteiger partial charge in [0.05, 0.1) is 6.61 Å². The van der Waals surface area contributed by atoms with Gasteiger partial charge in [0.2, 0.25) is 0 Å². The van der Waals surface area contributed by atoms with Crippen molar-refractivity contribution in [3.63, 3.8) is 0 Å². The summed E-state index contributed by atoms with van der Waals surface area (Å²) in [7, 11) is 0. The number of carbonyl (C=O) groups is 2.